The van der Waals surface area contributed by atoms with Gasteiger partial charge in [0.2, 0.25) is 11.8 Å². The third-order valence-corrected chi connectivity index (χ3v) is 6.53. The van der Waals surface area contributed by atoms with Crippen LogP contribution in [-0.4, -0.2) is 73.0 Å². The van der Waals surface area contributed by atoms with E-state index in [1.165, 1.54) is 5.56 Å². The minimum absolute atomic E-state index is 0.0796. The number of hydrogen-bond acceptors (Lipinski definition) is 5. The first-order valence-electron chi connectivity index (χ1n) is 10.8. The summed E-state index contributed by atoms with van der Waals surface area (Å²) in [7, 11) is 1.67. The normalized spacial score (nSPS) is 27.0. The number of carbonyl (C=O) groups is 2. The van der Waals surface area contributed by atoms with Crippen LogP contribution in [0.5, 0.6) is 5.75 Å². The van der Waals surface area contributed by atoms with E-state index in [2.05, 4.69) is 27.7 Å². The molecule has 4 rings (SSSR count). The summed E-state index contributed by atoms with van der Waals surface area (Å²) in [5.41, 5.74) is 1.20. The molecule has 29 heavy (non-hydrogen) atoms. The Morgan fingerprint density at radius 2 is 2.00 bits per heavy atom. The molecule has 0 aliphatic carbocycles. The van der Waals surface area contributed by atoms with Crippen LogP contribution in [0, 0.1) is 0 Å². The van der Waals surface area contributed by atoms with Crippen molar-refractivity contribution in [3.05, 3.63) is 29.8 Å². The van der Waals surface area contributed by atoms with Crippen LogP contribution in [0.25, 0.3) is 0 Å². The fourth-order valence-corrected chi connectivity index (χ4v) is 4.81. The Balaban J connectivity index is 1.29. The number of amides is 2. The van der Waals surface area contributed by atoms with Crippen molar-refractivity contribution < 1.29 is 14.3 Å². The van der Waals surface area contributed by atoms with Gasteiger partial charge >= 0.3 is 0 Å². The summed E-state index contributed by atoms with van der Waals surface area (Å²) in [6.07, 6.45) is 4.46. The maximum Gasteiger partial charge on any atom is 0.237 e. The number of piperazine rings is 1. The number of ether oxygens (including phenoxy) is 1. The first-order valence-corrected chi connectivity index (χ1v) is 10.8. The maximum absolute atomic E-state index is 12.4. The number of nitrogens with zero attached hydrogens (tertiary/aromatic N) is 2. The van der Waals surface area contributed by atoms with Crippen molar-refractivity contribution in [1.82, 2.24) is 20.4 Å². The first kappa shape index (κ1) is 20.2. The molecular formula is C22H32N4O3. The Kier molecular flexibility index (Phi) is 6.35. The number of likely N-dealkylation sites (tertiary alicyclic amines) is 1. The Morgan fingerprint density at radius 1 is 1.24 bits per heavy atom. The highest BCUT2D eigenvalue weighted by molar-refractivity contribution is 5.83. The molecule has 1 aromatic carbocycles. The molecule has 0 saturated carbocycles. The lowest BCUT2D eigenvalue weighted by Crippen LogP contribution is -2.58. The molecule has 2 N–H and O–H groups in total. The van der Waals surface area contributed by atoms with E-state index in [4.69, 9.17) is 4.74 Å². The van der Waals surface area contributed by atoms with Crippen molar-refractivity contribution >= 4 is 11.8 Å². The smallest absolute Gasteiger partial charge is 0.237 e. The van der Waals surface area contributed by atoms with Gasteiger partial charge in [0.1, 0.15) is 5.75 Å². The van der Waals surface area contributed by atoms with Crippen LogP contribution in [-0.2, 0) is 16.1 Å². The fourth-order valence-electron chi connectivity index (χ4n) is 4.81. The third-order valence-electron chi connectivity index (χ3n) is 6.53. The molecule has 3 fully saturated rings. The second-order valence-corrected chi connectivity index (χ2v) is 8.40. The molecule has 0 aromatic heterocycles. The topological polar surface area (TPSA) is 73.9 Å². The second-order valence-electron chi connectivity index (χ2n) is 8.40. The number of benzene rings is 1. The minimum Gasteiger partial charge on any atom is -0.497 e. The number of nitrogens with one attached hydrogen (secondary N) is 2. The van der Waals surface area contributed by atoms with E-state index in [0.717, 1.165) is 57.6 Å². The molecule has 7 nitrogen and oxygen atoms in total. The quantitative estimate of drug-likeness (QED) is 0.718. The van der Waals surface area contributed by atoms with Gasteiger partial charge in [0.05, 0.1) is 13.2 Å². The second kappa shape index (κ2) is 9.13. The largest absolute Gasteiger partial charge is 0.497 e. The molecule has 3 atom stereocenters. The molecule has 3 unspecified atom stereocenters. The number of rotatable bonds is 7. The van der Waals surface area contributed by atoms with Crippen molar-refractivity contribution in [2.45, 2.75) is 56.8 Å². The average Bonchev–Trinajstić information content (AvgIpc) is 3.43. The molecular weight excluding hydrogens is 368 g/mol. The lowest BCUT2D eigenvalue weighted by atomic mass is 10.0. The van der Waals surface area contributed by atoms with Crippen LogP contribution >= 0.6 is 0 Å². The van der Waals surface area contributed by atoms with Gasteiger partial charge in [-0.1, -0.05) is 12.1 Å². The van der Waals surface area contributed by atoms with Crippen LogP contribution < -0.4 is 15.4 Å². The van der Waals surface area contributed by atoms with Crippen molar-refractivity contribution in [3.8, 4) is 5.75 Å². The molecule has 3 aliphatic heterocycles. The average molecular weight is 401 g/mol. The highest BCUT2D eigenvalue weighted by Crippen LogP contribution is 2.26. The van der Waals surface area contributed by atoms with Gasteiger partial charge in [-0.25, -0.2) is 0 Å². The summed E-state index contributed by atoms with van der Waals surface area (Å²) in [5.74, 6) is 1.25. The standard InChI is InChI=1S/C22H32N4O3/c1-29-19-7-4-16(5-8-19)13-23-17-12-20-22(28)24-14-18(26(20)15-17)6-9-21(27)25-10-2-3-11-25/h4-5,7-8,17-18,20,23H,2-3,6,9-15H2,1H3,(H,24,28). The van der Waals surface area contributed by atoms with Gasteiger partial charge in [0.15, 0.2) is 0 Å². The van der Waals surface area contributed by atoms with E-state index in [1.807, 2.05) is 17.0 Å². The van der Waals surface area contributed by atoms with Crippen LogP contribution in [0.3, 0.4) is 0 Å². The van der Waals surface area contributed by atoms with Gasteiger partial charge in [0, 0.05) is 51.2 Å². The van der Waals surface area contributed by atoms with E-state index < -0.39 is 0 Å². The highest BCUT2D eigenvalue weighted by Gasteiger charge is 2.43. The number of hydrogen-bond donors (Lipinski definition) is 2. The third kappa shape index (κ3) is 4.73. The maximum atomic E-state index is 12.4. The predicted molar refractivity (Wildman–Crippen MR) is 111 cm³/mol. The Hall–Kier alpha value is -2.12. The highest BCUT2D eigenvalue weighted by atomic mass is 16.5. The molecule has 3 heterocycles. The number of fused-ring (bicyclic) bond motifs is 1. The zero-order valence-corrected chi connectivity index (χ0v) is 17.2. The van der Waals surface area contributed by atoms with Crippen LogP contribution in [0.4, 0.5) is 0 Å². The summed E-state index contributed by atoms with van der Waals surface area (Å²) >= 11 is 0. The van der Waals surface area contributed by atoms with Crippen molar-refractivity contribution in [2.75, 3.05) is 33.3 Å². The van der Waals surface area contributed by atoms with Crippen LogP contribution in [0.2, 0.25) is 0 Å². The predicted octanol–water partition coefficient (Wildman–Crippen LogP) is 1.13. The molecule has 2 amide bonds. The van der Waals surface area contributed by atoms with Crippen molar-refractivity contribution in [2.24, 2.45) is 0 Å². The van der Waals surface area contributed by atoms with Crippen LogP contribution in [0.15, 0.2) is 24.3 Å². The van der Waals surface area contributed by atoms with E-state index in [0.29, 0.717) is 13.0 Å². The summed E-state index contributed by atoms with van der Waals surface area (Å²) in [5, 5.41) is 6.66. The molecule has 3 saturated heterocycles. The lowest BCUT2D eigenvalue weighted by molar-refractivity contribution is -0.131. The molecule has 0 bridgehead atoms. The molecule has 0 radical (unpaired) electrons. The molecule has 1 aromatic rings. The fraction of sp³-hybridized carbons (Fsp3) is 0.636. The zero-order valence-electron chi connectivity index (χ0n) is 17.2. The molecule has 158 valence electrons. The number of methoxy groups -OCH3 is 1. The summed E-state index contributed by atoms with van der Waals surface area (Å²) < 4.78 is 5.21. The van der Waals surface area contributed by atoms with Gasteiger partial charge < -0.3 is 20.3 Å². The Morgan fingerprint density at radius 3 is 2.72 bits per heavy atom. The zero-order chi connectivity index (χ0) is 20.2. The van der Waals surface area contributed by atoms with Gasteiger partial charge in [0.25, 0.3) is 0 Å². The first-order chi connectivity index (χ1) is 14.1. The Bertz CT molecular complexity index is 717. The minimum atomic E-state index is -0.0796. The lowest BCUT2D eigenvalue weighted by Gasteiger charge is -2.37. The summed E-state index contributed by atoms with van der Waals surface area (Å²) in [4.78, 5) is 29.1. The van der Waals surface area contributed by atoms with Gasteiger partial charge in [-0.2, -0.15) is 0 Å². The number of carbonyl (C=O) groups excluding carboxylic acids is 2. The van der Waals surface area contributed by atoms with Gasteiger partial charge in [-0.05, 0) is 43.4 Å². The van der Waals surface area contributed by atoms with E-state index in [-0.39, 0.29) is 29.9 Å². The van der Waals surface area contributed by atoms with Crippen molar-refractivity contribution in [3.63, 3.8) is 0 Å². The van der Waals surface area contributed by atoms with E-state index >= 15 is 0 Å². The van der Waals surface area contributed by atoms with Gasteiger partial charge in [-0.3, -0.25) is 14.5 Å². The van der Waals surface area contributed by atoms with Crippen LogP contribution in [0.1, 0.15) is 37.7 Å². The molecule has 0 spiro atoms. The van der Waals surface area contributed by atoms with E-state index in [1.54, 1.807) is 7.11 Å². The monoisotopic (exact) mass is 400 g/mol. The van der Waals surface area contributed by atoms with E-state index in [9.17, 15) is 9.59 Å². The van der Waals surface area contributed by atoms with Gasteiger partial charge in [-0.15, -0.1) is 0 Å². The molecule has 3 aliphatic rings. The Labute approximate surface area is 172 Å². The SMILES string of the molecule is COc1ccc(CNC2CC3C(=O)NCC(CCC(=O)N4CCCC4)N3C2)cc1. The summed E-state index contributed by atoms with van der Waals surface area (Å²) in [6, 6.07) is 8.51. The molecule has 7 heteroatoms. The van der Waals surface area contributed by atoms with Crippen molar-refractivity contribution in [1.29, 1.82) is 0 Å². The summed E-state index contributed by atoms with van der Waals surface area (Å²) in [6.45, 7) is 4.09.